The number of ether oxygens (including phenoxy) is 3. The maximum atomic E-state index is 11.2. The van der Waals surface area contributed by atoms with E-state index in [4.69, 9.17) is 20.5 Å². The molecule has 2 N–H and O–H groups in total. The first kappa shape index (κ1) is 16.0. The molecule has 0 spiro atoms. The van der Waals surface area contributed by atoms with Gasteiger partial charge in [-0.05, 0) is 12.1 Å². The first-order valence-corrected chi connectivity index (χ1v) is 5.81. The molecule has 0 saturated heterocycles. The number of nitriles is 1. The van der Waals surface area contributed by atoms with Gasteiger partial charge in [0.2, 0.25) is 0 Å². The molecule has 0 aliphatic carbocycles. The molecular formula is C14H14N2O5. The first-order valence-electron chi connectivity index (χ1n) is 5.81. The minimum atomic E-state index is -0.862. The molecule has 0 saturated carbocycles. The van der Waals surface area contributed by atoms with Crippen LogP contribution >= 0.6 is 0 Å². The fraction of sp³-hybridized carbons (Fsp3) is 0.214. The minimum Gasteiger partial charge on any atom is -0.493 e. The summed E-state index contributed by atoms with van der Waals surface area (Å²) in [6.45, 7) is -0.337. The predicted octanol–water partition coefficient (Wildman–Crippen LogP) is 0.639. The van der Waals surface area contributed by atoms with E-state index in [0.29, 0.717) is 11.3 Å². The Morgan fingerprint density at radius 3 is 2.62 bits per heavy atom. The lowest BCUT2D eigenvalue weighted by molar-refractivity contribution is -0.142. The summed E-state index contributed by atoms with van der Waals surface area (Å²) < 4.78 is 14.9. The second kappa shape index (κ2) is 7.55. The molecule has 0 atom stereocenters. The minimum absolute atomic E-state index is 0.208. The maximum absolute atomic E-state index is 11.2. The SMILES string of the molecule is COC(=O)COc1c(/C=C(\C#N)C(N)=O)cccc1OC. The highest BCUT2D eigenvalue weighted by atomic mass is 16.6. The molecular weight excluding hydrogens is 276 g/mol. The summed E-state index contributed by atoms with van der Waals surface area (Å²) in [6, 6.07) is 6.54. The zero-order chi connectivity index (χ0) is 15.8. The standard InChI is InChI=1S/C14H14N2O5/c1-19-11-5-3-4-9(6-10(7-15)14(16)18)13(11)21-8-12(17)20-2/h3-6H,8H2,1-2H3,(H2,16,18)/b10-6+. The molecule has 0 bridgehead atoms. The molecule has 0 aliphatic rings. The lowest BCUT2D eigenvalue weighted by Crippen LogP contribution is -2.14. The molecule has 1 aromatic rings. The van der Waals surface area contributed by atoms with Gasteiger partial charge in [0, 0.05) is 5.56 Å². The van der Waals surface area contributed by atoms with Gasteiger partial charge in [-0.3, -0.25) is 4.79 Å². The number of esters is 1. The summed E-state index contributed by atoms with van der Waals surface area (Å²) in [5.41, 5.74) is 5.22. The Labute approximate surface area is 121 Å². The lowest BCUT2D eigenvalue weighted by atomic mass is 10.1. The van der Waals surface area contributed by atoms with E-state index in [0.717, 1.165) is 0 Å². The normalized spacial score (nSPS) is 10.4. The van der Waals surface area contributed by atoms with E-state index >= 15 is 0 Å². The molecule has 0 fully saturated rings. The molecule has 0 radical (unpaired) electrons. The van der Waals surface area contributed by atoms with Crippen molar-refractivity contribution in [1.29, 1.82) is 5.26 Å². The molecule has 0 aliphatic heterocycles. The van der Waals surface area contributed by atoms with Gasteiger partial charge >= 0.3 is 5.97 Å². The van der Waals surface area contributed by atoms with Gasteiger partial charge in [0.25, 0.3) is 5.91 Å². The van der Waals surface area contributed by atoms with Crippen LogP contribution in [-0.4, -0.2) is 32.7 Å². The third-order valence-electron chi connectivity index (χ3n) is 2.48. The van der Waals surface area contributed by atoms with Crippen LogP contribution in [0, 0.1) is 11.3 Å². The molecule has 7 nitrogen and oxygen atoms in total. The van der Waals surface area contributed by atoms with Crippen LogP contribution in [0.2, 0.25) is 0 Å². The smallest absolute Gasteiger partial charge is 0.343 e. The van der Waals surface area contributed by atoms with Crippen molar-refractivity contribution in [2.75, 3.05) is 20.8 Å². The van der Waals surface area contributed by atoms with E-state index in [1.807, 2.05) is 0 Å². The lowest BCUT2D eigenvalue weighted by Gasteiger charge is -2.12. The highest BCUT2D eigenvalue weighted by Gasteiger charge is 2.13. The molecule has 21 heavy (non-hydrogen) atoms. The molecule has 110 valence electrons. The fourth-order valence-electron chi connectivity index (χ4n) is 1.47. The van der Waals surface area contributed by atoms with Crippen molar-refractivity contribution in [3.8, 4) is 17.6 Å². The van der Waals surface area contributed by atoms with Crippen LogP contribution in [0.25, 0.3) is 6.08 Å². The quantitative estimate of drug-likeness (QED) is 0.467. The number of hydrogen-bond acceptors (Lipinski definition) is 6. The van der Waals surface area contributed by atoms with Crippen molar-refractivity contribution in [2.24, 2.45) is 5.73 Å². The molecule has 1 aromatic carbocycles. The number of amides is 1. The van der Waals surface area contributed by atoms with Gasteiger partial charge in [0.15, 0.2) is 18.1 Å². The number of rotatable bonds is 6. The molecule has 1 rings (SSSR count). The Morgan fingerprint density at radius 1 is 1.38 bits per heavy atom. The van der Waals surface area contributed by atoms with E-state index in [9.17, 15) is 9.59 Å². The first-order chi connectivity index (χ1) is 10.0. The molecule has 7 heteroatoms. The van der Waals surface area contributed by atoms with Crippen LogP contribution < -0.4 is 15.2 Å². The number of carbonyl (C=O) groups excluding carboxylic acids is 2. The van der Waals surface area contributed by atoms with Gasteiger partial charge in [-0.15, -0.1) is 0 Å². The third-order valence-corrected chi connectivity index (χ3v) is 2.48. The second-order valence-electron chi connectivity index (χ2n) is 3.78. The van der Waals surface area contributed by atoms with Crippen molar-refractivity contribution in [3.05, 3.63) is 29.3 Å². The van der Waals surface area contributed by atoms with Crippen LogP contribution in [0.5, 0.6) is 11.5 Å². The van der Waals surface area contributed by atoms with E-state index in [2.05, 4.69) is 4.74 Å². The summed E-state index contributed by atoms with van der Waals surface area (Å²) >= 11 is 0. The van der Waals surface area contributed by atoms with Crippen molar-refractivity contribution < 1.29 is 23.8 Å². The Balaban J connectivity index is 3.23. The van der Waals surface area contributed by atoms with Crippen molar-refractivity contribution in [2.45, 2.75) is 0 Å². The second-order valence-corrected chi connectivity index (χ2v) is 3.78. The monoisotopic (exact) mass is 290 g/mol. The summed E-state index contributed by atoms with van der Waals surface area (Å²) in [5, 5.41) is 8.87. The van der Waals surface area contributed by atoms with E-state index in [1.165, 1.54) is 20.3 Å². The van der Waals surface area contributed by atoms with Crippen LogP contribution in [0.3, 0.4) is 0 Å². The topological polar surface area (TPSA) is 112 Å². The largest absolute Gasteiger partial charge is 0.493 e. The van der Waals surface area contributed by atoms with Crippen LogP contribution in [-0.2, 0) is 14.3 Å². The van der Waals surface area contributed by atoms with E-state index in [-0.39, 0.29) is 17.9 Å². The van der Waals surface area contributed by atoms with E-state index < -0.39 is 11.9 Å². The summed E-state index contributed by atoms with van der Waals surface area (Å²) in [5.74, 6) is -0.890. The summed E-state index contributed by atoms with van der Waals surface area (Å²) in [7, 11) is 2.66. The van der Waals surface area contributed by atoms with Gasteiger partial charge < -0.3 is 19.9 Å². The average Bonchev–Trinajstić information content (AvgIpc) is 2.49. The van der Waals surface area contributed by atoms with Crippen LogP contribution in [0.15, 0.2) is 23.8 Å². The zero-order valence-electron chi connectivity index (χ0n) is 11.6. The van der Waals surface area contributed by atoms with Gasteiger partial charge in [-0.2, -0.15) is 5.26 Å². The van der Waals surface area contributed by atoms with Gasteiger partial charge in [0.1, 0.15) is 11.6 Å². The number of carbonyl (C=O) groups is 2. The number of methoxy groups -OCH3 is 2. The molecule has 0 heterocycles. The fourth-order valence-corrected chi connectivity index (χ4v) is 1.47. The van der Waals surface area contributed by atoms with Gasteiger partial charge in [-0.1, -0.05) is 12.1 Å². The third kappa shape index (κ3) is 4.24. The van der Waals surface area contributed by atoms with Gasteiger partial charge in [-0.25, -0.2) is 4.79 Å². The highest BCUT2D eigenvalue weighted by Crippen LogP contribution is 2.32. The van der Waals surface area contributed by atoms with E-state index in [1.54, 1.807) is 24.3 Å². The maximum Gasteiger partial charge on any atom is 0.343 e. The highest BCUT2D eigenvalue weighted by molar-refractivity contribution is 6.01. The van der Waals surface area contributed by atoms with Crippen LogP contribution in [0.1, 0.15) is 5.56 Å². The molecule has 0 unspecified atom stereocenters. The van der Waals surface area contributed by atoms with Gasteiger partial charge in [0.05, 0.1) is 14.2 Å². The predicted molar refractivity (Wildman–Crippen MR) is 73.3 cm³/mol. The Kier molecular flexibility index (Phi) is 5.77. The Hall–Kier alpha value is -3.01. The number of primary amides is 1. The number of benzene rings is 1. The number of para-hydroxylation sites is 1. The van der Waals surface area contributed by atoms with Crippen molar-refractivity contribution in [1.82, 2.24) is 0 Å². The van der Waals surface area contributed by atoms with Crippen molar-refractivity contribution in [3.63, 3.8) is 0 Å². The Bertz CT molecular complexity index is 616. The number of hydrogen-bond donors (Lipinski definition) is 1. The molecule has 1 amide bonds. The van der Waals surface area contributed by atoms with Crippen LogP contribution in [0.4, 0.5) is 0 Å². The summed E-state index contributed by atoms with van der Waals surface area (Å²) in [6.07, 6.45) is 1.26. The summed E-state index contributed by atoms with van der Waals surface area (Å²) in [4.78, 5) is 22.3. The molecule has 0 aromatic heterocycles. The Morgan fingerprint density at radius 2 is 2.10 bits per heavy atom. The number of nitrogens with two attached hydrogens (primary N) is 1. The number of nitrogens with zero attached hydrogens (tertiary/aromatic N) is 1. The average molecular weight is 290 g/mol. The zero-order valence-corrected chi connectivity index (χ0v) is 11.6. The van der Waals surface area contributed by atoms with Crippen molar-refractivity contribution >= 4 is 18.0 Å².